The molecule has 5 rings (SSSR count). The van der Waals surface area contributed by atoms with Crippen LogP contribution in [-0.2, 0) is 6.42 Å². The van der Waals surface area contributed by atoms with Crippen LogP contribution in [-0.4, -0.2) is 18.2 Å². The monoisotopic (exact) mass is 428 g/mol. The van der Waals surface area contributed by atoms with Gasteiger partial charge in [-0.3, -0.25) is 0 Å². The van der Waals surface area contributed by atoms with Gasteiger partial charge >= 0.3 is 5.97 Å². The molecule has 3 aromatic rings. The molecule has 0 aliphatic heterocycles. The van der Waals surface area contributed by atoms with E-state index in [9.17, 15) is 9.90 Å². The zero-order valence-electron chi connectivity index (χ0n) is 18.8. The summed E-state index contributed by atoms with van der Waals surface area (Å²) in [6.45, 7) is 0. The first kappa shape index (κ1) is 21.1. The fourth-order valence-electron chi connectivity index (χ4n) is 6.18. The first-order chi connectivity index (χ1) is 15.6. The predicted octanol–water partition coefficient (Wildman–Crippen LogP) is 7.36. The number of hydrogen-bond donors (Lipinski definition) is 1. The molecule has 1 N–H and O–H groups in total. The Balaban J connectivity index is 1.36. The number of benzene rings is 3. The van der Waals surface area contributed by atoms with E-state index < -0.39 is 5.97 Å². The molecule has 0 spiro atoms. The normalized spacial score (nSPS) is 22.6. The van der Waals surface area contributed by atoms with Gasteiger partial charge in [-0.05, 0) is 108 Å². The predicted molar refractivity (Wildman–Crippen MR) is 129 cm³/mol. The largest absolute Gasteiger partial charge is 0.496 e. The number of carbonyl (C=O) groups is 1. The highest BCUT2D eigenvalue weighted by atomic mass is 16.5. The molecule has 0 saturated heterocycles. The van der Waals surface area contributed by atoms with Crippen LogP contribution in [0.1, 0.15) is 60.9 Å². The van der Waals surface area contributed by atoms with E-state index in [4.69, 9.17) is 4.74 Å². The van der Waals surface area contributed by atoms with Crippen molar-refractivity contribution in [3.8, 4) is 16.9 Å². The highest BCUT2D eigenvalue weighted by molar-refractivity contribution is 5.95. The second-order valence-electron chi connectivity index (χ2n) is 9.88. The van der Waals surface area contributed by atoms with Crippen LogP contribution in [0.5, 0.6) is 5.75 Å². The molecule has 0 heterocycles. The molecule has 2 saturated carbocycles. The van der Waals surface area contributed by atoms with Crippen LogP contribution in [0.2, 0.25) is 0 Å². The van der Waals surface area contributed by atoms with Crippen molar-refractivity contribution in [2.24, 2.45) is 17.8 Å². The quantitative estimate of drug-likeness (QED) is 0.446. The van der Waals surface area contributed by atoms with Gasteiger partial charge in [0.15, 0.2) is 0 Å². The highest BCUT2D eigenvalue weighted by Gasteiger charge is 2.31. The molecular formula is C29H32O3. The molecule has 2 fully saturated rings. The van der Waals surface area contributed by atoms with Crippen molar-refractivity contribution >= 4 is 16.7 Å². The lowest BCUT2D eigenvalue weighted by atomic mass is 9.67. The maximum Gasteiger partial charge on any atom is 0.335 e. The molecule has 2 unspecified atom stereocenters. The third-order valence-electron chi connectivity index (χ3n) is 7.75. The summed E-state index contributed by atoms with van der Waals surface area (Å²) in [6.07, 6.45) is 11.0. The van der Waals surface area contributed by atoms with Gasteiger partial charge in [0, 0.05) is 0 Å². The zero-order valence-corrected chi connectivity index (χ0v) is 18.8. The van der Waals surface area contributed by atoms with Crippen molar-refractivity contribution in [2.75, 3.05) is 7.11 Å². The maximum atomic E-state index is 11.3. The second-order valence-corrected chi connectivity index (χ2v) is 9.88. The Labute approximate surface area is 190 Å². The van der Waals surface area contributed by atoms with Crippen LogP contribution in [0.15, 0.2) is 54.6 Å². The number of carboxylic acid groups (broad SMARTS) is 1. The van der Waals surface area contributed by atoms with Crippen molar-refractivity contribution in [2.45, 2.75) is 51.4 Å². The Bertz CT molecular complexity index is 1120. The van der Waals surface area contributed by atoms with E-state index in [1.54, 1.807) is 19.2 Å². The molecule has 0 aromatic heterocycles. The molecule has 166 valence electrons. The molecular weight excluding hydrogens is 396 g/mol. The minimum absolute atomic E-state index is 0.323. The number of carboxylic acids is 1. The Kier molecular flexibility index (Phi) is 5.91. The summed E-state index contributed by atoms with van der Waals surface area (Å²) in [7, 11) is 1.76. The van der Waals surface area contributed by atoms with Crippen LogP contribution in [0.3, 0.4) is 0 Å². The molecule has 3 heteroatoms. The van der Waals surface area contributed by atoms with Crippen molar-refractivity contribution in [1.82, 2.24) is 0 Å². The van der Waals surface area contributed by atoms with Gasteiger partial charge in [-0.25, -0.2) is 4.79 Å². The van der Waals surface area contributed by atoms with Crippen molar-refractivity contribution in [3.63, 3.8) is 0 Å². The van der Waals surface area contributed by atoms with Gasteiger partial charge in [-0.1, -0.05) is 43.5 Å². The average Bonchev–Trinajstić information content (AvgIpc) is 2.81. The Hall–Kier alpha value is -2.81. The van der Waals surface area contributed by atoms with E-state index >= 15 is 0 Å². The van der Waals surface area contributed by atoms with E-state index in [0.29, 0.717) is 5.56 Å². The summed E-state index contributed by atoms with van der Waals surface area (Å²) in [6, 6.07) is 18.1. The van der Waals surface area contributed by atoms with Crippen LogP contribution < -0.4 is 4.74 Å². The topological polar surface area (TPSA) is 46.5 Å². The SMILES string of the molecule is COc1ccc(-c2ccc3cc(C(=O)O)ccc3c2)cc1CCC1CC2CCCC(C2)C1. The van der Waals surface area contributed by atoms with Gasteiger partial charge in [0.25, 0.3) is 0 Å². The third kappa shape index (κ3) is 4.39. The van der Waals surface area contributed by atoms with Crippen LogP contribution >= 0.6 is 0 Å². The number of methoxy groups -OCH3 is 1. The number of aromatic carboxylic acids is 1. The lowest BCUT2D eigenvalue weighted by Crippen LogP contribution is -2.27. The molecule has 3 nitrogen and oxygen atoms in total. The summed E-state index contributed by atoms with van der Waals surface area (Å²) >= 11 is 0. The first-order valence-electron chi connectivity index (χ1n) is 12.0. The highest BCUT2D eigenvalue weighted by Crippen LogP contribution is 2.44. The fourth-order valence-corrected chi connectivity index (χ4v) is 6.18. The molecule has 0 radical (unpaired) electrons. The smallest absolute Gasteiger partial charge is 0.335 e. The molecule has 2 aliphatic rings. The van der Waals surface area contributed by atoms with E-state index in [2.05, 4.69) is 30.3 Å². The number of fused-ring (bicyclic) bond motifs is 3. The van der Waals surface area contributed by atoms with Gasteiger partial charge in [0.1, 0.15) is 5.75 Å². The maximum absolute atomic E-state index is 11.3. The Morgan fingerprint density at radius 1 is 0.906 bits per heavy atom. The van der Waals surface area contributed by atoms with Crippen LogP contribution in [0.25, 0.3) is 21.9 Å². The number of hydrogen-bond acceptors (Lipinski definition) is 2. The van der Waals surface area contributed by atoms with Gasteiger partial charge in [0.05, 0.1) is 12.7 Å². The van der Waals surface area contributed by atoms with E-state index in [1.807, 2.05) is 12.1 Å². The van der Waals surface area contributed by atoms with Crippen LogP contribution in [0.4, 0.5) is 0 Å². The standard InChI is InChI=1S/C29H32O3/c1-32-28-12-11-25(22-7-8-24-18-27(29(30)31)10-9-23(24)16-22)17-26(28)6-5-21-14-19-3-2-4-20(13-19)15-21/h7-12,16-21H,2-6,13-15H2,1H3,(H,30,31). The second kappa shape index (κ2) is 8.97. The summed E-state index contributed by atoms with van der Waals surface area (Å²) < 4.78 is 5.70. The van der Waals surface area contributed by atoms with Gasteiger partial charge in [-0.15, -0.1) is 0 Å². The molecule has 2 atom stereocenters. The number of rotatable bonds is 6. The molecule has 32 heavy (non-hydrogen) atoms. The molecule has 0 amide bonds. The summed E-state index contributed by atoms with van der Waals surface area (Å²) in [5, 5.41) is 11.2. The summed E-state index contributed by atoms with van der Waals surface area (Å²) in [4.78, 5) is 11.3. The molecule has 2 bridgehead atoms. The summed E-state index contributed by atoms with van der Waals surface area (Å²) in [5.74, 6) is 2.89. The van der Waals surface area contributed by atoms with Gasteiger partial charge in [0.2, 0.25) is 0 Å². The van der Waals surface area contributed by atoms with Crippen molar-refractivity contribution in [3.05, 3.63) is 65.7 Å². The minimum Gasteiger partial charge on any atom is -0.496 e. The van der Waals surface area contributed by atoms with E-state index in [-0.39, 0.29) is 0 Å². The van der Waals surface area contributed by atoms with E-state index in [0.717, 1.165) is 46.3 Å². The molecule has 3 aromatic carbocycles. The van der Waals surface area contributed by atoms with Crippen molar-refractivity contribution in [1.29, 1.82) is 0 Å². The number of aryl methyl sites for hydroxylation is 1. The lowest BCUT2D eigenvalue weighted by Gasteiger charge is -2.39. The summed E-state index contributed by atoms with van der Waals surface area (Å²) in [5.41, 5.74) is 3.95. The van der Waals surface area contributed by atoms with Gasteiger partial charge in [-0.2, -0.15) is 0 Å². The Morgan fingerprint density at radius 2 is 1.59 bits per heavy atom. The fraction of sp³-hybridized carbons (Fsp3) is 0.414. The lowest BCUT2D eigenvalue weighted by molar-refractivity contribution is 0.0697. The Morgan fingerprint density at radius 3 is 2.34 bits per heavy atom. The minimum atomic E-state index is -0.891. The third-order valence-corrected chi connectivity index (χ3v) is 7.75. The number of ether oxygens (including phenoxy) is 1. The van der Waals surface area contributed by atoms with Gasteiger partial charge < -0.3 is 9.84 Å². The first-order valence-corrected chi connectivity index (χ1v) is 12.0. The average molecular weight is 429 g/mol. The molecule has 2 aliphatic carbocycles. The van der Waals surface area contributed by atoms with Crippen LogP contribution in [0, 0.1) is 17.8 Å². The zero-order chi connectivity index (χ0) is 22.1. The van der Waals surface area contributed by atoms with Crippen molar-refractivity contribution < 1.29 is 14.6 Å². The van der Waals surface area contributed by atoms with E-state index in [1.165, 1.54) is 56.1 Å².